The van der Waals surface area contributed by atoms with Crippen LogP contribution in [0.2, 0.25) is 0 Å². The second-order valence-corrected chi connectivity index (χ2v) is 8.24. The lowest BCUT2D eigenvalue weighted by Crippen LogP contribution is -2.49. The number of nitrogens with zero attached hydrogens (tertiary/aromatic N) is 6. The molecule has 3 aromatic rings. The monoisotopic (exact) mass is 441 g/mol. The van der Waals surface area contributed by atoms with Crippen LogP contribution >= 0.6 is 0 Å². The van der Waals surface area contributed by atoms with Crippen LogP contribution in [0, 0.1) is 18.3 Å². The maximum Gasteiger partial charge on any atom is 0.277 e. The molecule has 4 heterocycles. The van der Waals surface area contributed by atoms with Gasteiger partial charge in [0.2, 0.25) is 5.91 Å². The summed E-state index contributed by atoms with van der Waals surface area (Å²) in [5.41, 5.74) is 5.08. The Bertz CT molecular complexity index is 1330. The molecular weight excluding hydrogens is 418 g/mol. The maximum atomic E-state index is 13.6. The molecule has 0 spiro atoms. The van der Waals surface area contributed by atoms with Crippen LogP contribution in [-0.2, 0) is 11.2 Å². The fraction of sp³-hybridized carbons (Fsp3) is 0.292. The minimum Gasteiger partial charge on any atom is -0.367 e. The zero-order valence-electron chi connectivity index (χ0n) is 18.3. The number of H-pyrrole nitrogens is 1. The topological polar surface area (TPSA) is 109 Å². The van der Waals surface area contributed by atoms with Gasteiger partial charge >= 0.3 is 0 Å². The van der Waals surface area contributed by atoms with Crippen LogP contribution in [-0.4, -0.2) is 64.6 Å². The summed E-state index contributed by atoms with van der Waals surface area (Å²) in [5.74, 6) is -0.277. The average molecular weight is 441 g/mol. The lowest BCUT2D eigenvalue weighted by molar-refractivity contribution is -0.126. The minimum absolute atomic E-state index is 0.0958. The first-order valence-corrected chi connectivity index (χ1v) is 10.9. The molecule has 0 unspecified atom stereocenters. The molecule has 1 aromatic carbocycles. The quantitative estimate of drug-likeness (QED) is 0.624. The van der Waals surface area contributed by atoms with E-state index in [-0.39, 0.29) is 11.8 Å². The first kappa shape index (κ1) is 20.7. The summed E-state index contributed by atoms with van der Waals surface area (Å²) >= 11 is 0. The number of carbonyl (C=O) groups excluding carboxylic acids is 2. The van der Waals surface area contributed by atoms with Crippen molar-refractivity contribution in [1.82, 2.24) is 20.1 Å². The highest BCUT2D eigenvalue weighted by Gasteiger charge is 2.34. The highest BCUT2D eigenvalue weighted by Crippen LogP contribution is 2.36. The molecule has 0 saturated carbocycles. The van der Waals surface area contributed by atoms with Gasteiger partial charge in [0.25, 0.3) is 5.91 Å². The normalized spacial score (nSPS) is 16.0. The van der Waals surface area contributed by atoms with Crippen LogP contribution in [0.4, 0.5) is 11.4 Å². The predicted octanol–water partition coefficient (Wildman–Crippen LogP) is 2.18. The van der Waals surface area contributed by atoms with Crippen molar-refractivity contribution in [3.8, 4) is 6.07 Å². The smallest absolute Gasteiger partial charge is 0.277 e. The number of nitrogens with one attached hydrogen (secondary N) is 1. The fourth-order valence-corrected chi connectivity index (χ4v) is 4.82. The van der Waals surface area contributed by atoms with Gasteiger partial charge in [-0.15, -0.1) is 0 Å². The number of piperazine rings is 1. The van der Waals surface area contributed by atoms with Crippen molar-refractivity contribution < 1.29 is 9.59 Å². The van der Waals surface area contributed by atoms with E-state index in [1.165, 1.54) is 12.3 Å². The van der Waals surface area contributed by atoms with E-state index in [0.29, 0.717) is 50.4 Å². The average Bonchev–Trinajstić information content (AvgIpc) is 3.32. The third-order valence-corrected chi connectivity index (χ3v) is 6.45. The molecule has 166 valence electrons. The summed E-state index contributed by atoms with van der Waals surface area (Å²) in [6.07, 6.45) is 5.13. The van der Waals surface area contributed by atoms with Gasteiger partial charge in [-0.05, 0) is 31.1 Å². The number of hydrogen-bond donors (Lipinski definition) is 1. The van der Waals surface area contributed by atoms with Crippen LogP contribution in [0.1, 0.15) is 27.2 Å². The third-order valence-electron chi connectivity index (χ3n) is 6.45. The van der Waals surface area contributed by atoms with E-state index in [0.717, 1.165) is 33.4 Å². The molecule has 33 heavy (non-hydrogen) atoms. The van der Waals surface area contributed by atoms with E-state index in [4.69, 9.17) is 0 Å². The highest BCUT2D eigenvalue weighted by atomic mass is 16.2. The van der Waals surface area contributed by atoms with Crippen LogP contribution in [0.25, 0.3) is 10.9 Å². The van der Waals surface area contributed by atoms with Gasteiger partial charge in [0.15, 0.2) is 0 Å². The second kappa shape index (κ2) is 8.06. The van der Waals surface area contributed by atoms with Gasteiger partial charge in [0.1, 0.15) is 11.8 Å². The molecule has 1 saturated heterocycles. The third kappa shape index (κ3) is 3.31. The van der Waals surface area contributed by atoms with Crippen LogP contribution < -0.4 is 9.80 Å². The maximum absolute atomic E-state index is 13.6. The van der Waals surface area contributed by atoms with Crippen molar-refractivity contribution in [2.45, 2.75) is 13.3 Å². The van der Waals surface area contributed by atoms with E-state index in [2.05, 4.69) is 32.7 Å². The van der Waals surface area contributed by atoms with Crippen molar-refractivity contribution >= 4 is 34.1 Å². The first-order valence-electron chi connectivity index (χ1n) is 10.9. The summed E-state index contributed by atoms with van der Waals surface area (Å²) in [6.45, 7) is 8.25. The highest BCUT2D eigenvalue weighted by molar-refractivity contribution is 6.12. The Morgan fingerprint density at radius 2 is 1.97 bits per heavy atom. The molecule has 5 rings (SSSR count). The number of fused-ring (bicyclic) bond motifs is 2. The number of nitriles is 1. The number of rotatable bonds is 3. The van der Waals surface area contributed by atoms with Gasteiger partial charge in [-0.2, -0.15) is 10.4 Å². The Hall–Kier alpha value is -4.19. The number of aryl methyl sites for hydroxylation is 1. The first-order chi connectivity index (χ1) is 16.0. The summed E-state index contributed by atoms with van der Waals surface area (Å²) < 4.78 is 0. The lowest BCUT2D eigenvalue weighted by Gasteiger charge is -2.38. The summed E-state index contributed by atoms with van der Waals surface area (Å²) in [6, 6.07) is 6.16. The molecule has 0 atom stereocenters. The molecule has 9 heteroatoms. The van der Waals surface area contributed by atoms with Crippen LogP contribution in [0.15, 0.2) is 37.2 Å². The predicted molar refractivity (Wildman–Crippen MR) is 124 cm³/mol. The number of amides is 2. The van der Waals surface area contributed by atoms with E-state index in [1.54, 1.807) is 16.0 Å². The van der Waals surface area contributed by atoms with Gasteiger partial charge in [0.05, 0.1) is 28.7 Å². The summed E-state index contributed by atoms with van der Waals surface area (Å²) in [4.78, 5) is 35.6. The molecule has 0 bridgehead atoms. The van der Waals surface area contributed by atoms with Crippen molar-refractivity contribution in [2.75, 3.05) is 42.5 Å². The molecule has 2 aromatic heterocycles. The van der Waals surface area contributed by atoms with Crippen molar-refractivity contribution in [3.05, 3.63) is 59.6 Å². The van der Waals surface area contributed by atoms with Crippen molar-refractivity contribution in [2.24, 2.45) is 0 Å². The summed E-state index contributed by atoms with van der Waals surface area (Å²) in [5, 5.41) is 17.7. The van der Waals surface area contributed by atoms with Gasteiger partial charge in [-0.3, -0.25) is 14.7 Å². The molecule has 9 nitrogen and oxygen atoms in total. The molecule has 0 radical (unpaired) electrons. The Morgan fingerprint density at radius 3 is 2.70 bits per heavy atom. The zero-order valence-corrected chi connectivity index (χ0v) is 18.3. The van der Waals surface area contributed by atoms with Gasteiger partial charge in [-0.25, -0.2) is 4.98 Å². The lowest BCUT2D eigenvalue weighted by atomic mass is 9.96. The Labute approximate surface area is 190 Å². The fourth-order valence-electron chi connectivity index (χ4n) is 4.82. The minimum atomic E-state index is -0.181. The SMILES string of the molecule is C=CC(=O)N1CCN(c2c(C#N)cnc3c2CCN(c2c(C)ccc4[nH]ncc24)C3=O)CC1. The van der Waals surface area contributed by atoms with Crippen molar-refractivity contribution in [1.29, 1.82) is 5.26 Å². The van der Waals surface area contributed by atoms with E-state index in [9.17, 15) is 14.9 Å². The number of benzene rings is 1. The largest absolute Gasteiger partial charge is 0.367 e. The molecule has 2 aliphatic rings. The molecule has 2 aliphatic heterocycles. The zero-order chi connectivity index (χ0) is 23.1. The number of pyridine rings is 1. The second-order valence-electron chi connectivity index (χ2n) is 8.24. The van der Waals surface area contributed by atoms with E-state index < -0.39 is 0 Å². The van der Waals surface area contributed by atoms with Gasteiger partial charge in [-0.1, -0.05) is 12.6 Å². The van der Waals surface area contributed by atoms with Gasteiger partial charge in [0, 0.05) is 49.9 Å². The number of hydrogen-bond acceptors (Lipinski definition) is 6. The summed E-state index contributed by atoms with van der Waals surface area (Å²) in [7, 11) is 0. The Balaban J connectivity index is 1.52. The number of anilines is 2. The Kier molecular flexibility index (Phi) is 5.05. The molecule has 0 aliphatic carbocycles. The van der Waals surface area contributed by atoms with Crippen LogP contribution in [0.3, 0.4) is 0 Å². The molecule has 2 amide bonds. The molecular formula is C24H23N7O2. The molecule has 1 N–H and O–H groups in total. The van der Waals surface area contributed by atoms with Crippen molar-refractivity contribution in [3.63, 3.8) is 0 Å². The number of aromatic nitrogens is 3. The standard InChI is InChI=1S/C24H23N7O2/c1-3-20(32)29-8-10-30(11-9-29)23-16(12-25)13-26-21-17(23)6-7-31(24(21)33)22-15(2)4-5-19-18(22)14-27-28-19/h3-5,13-14H,1,6-11H2,2H3,(H,27,28). The van der Waals surface area contributed by atoms with E-state index >= 15 is 0 Å². The number of carbonyl (C=O) groups is 2. The van der Waals surface area contributed by atoms with Gasteiger partial charge < -0.3 is 14.7 Å². The van der Waals surface area contributed by atoms with E-state index in [1.807, 2.05) is 19.1 Å². The van der Waals surface area contributed by atoms with Crippen LogP contribution in [0.5, 0.6) is 0 Å². The molecule has 1 fully saturated rings. The Morgan fingerprint density at radius 1 is 1.18 bits per heavy atom. The number of aromatic amines is 1.